The van der Waals surface area contributed by atoms with Crippen LogP contribution < -0.4 is 5.32 Å². The predicted octanol–water partition coefficient (Wildman–Crippen LogP) is 0.796. The van der Waals surface area contributed by atoms with E-state index in [9.17, 15) is 4.79 Å². The van der Waals surface area contributed by atoms with Crippen molar-refractivity contribution in [3.63, 3.8) is 0 Å². The summed E-state index contributed by atoms with van der Waals surface area (Å²) in [6.07, 6.45) is 2.05. The van der Waals surface area contributed by atoms with Crippen LogP contribution in [0.4, 0.5) is 0 Å². The van der Waals surface area contributed by atoms with Crippen molar-refractivity contribution in [1.82, 2.24) is 10.2 Å². The highest BCUT2D eigenvalue weighted by Crippen LogP contribution is 2.19. The van der Waals surface area contributed by atoms with Crippen LogP contribution in [0.15, 0.2) is 0 Å². The highest BCUT2D eigenvalue weighted by molar-refractivity contribution is 5.73. The van der Waals surface area contributed by atoms with E-state index in [0.29, 0.717) is 18.9 Å². The molecule has 5 heteroatoms. The number of carbonyl (C=O) groups is 1. The number of likely N-dealkylation sites (tertiary alicyclic amines) is 1. The van der Waals surface area contributed by atoms with Crippen molar-refractivity contribution in [2.45, 2.75) is 38.8 Å². The Balaban J connectivity index is 2.36. The summed E-state index contributed by atoms with van der Waals surface area (Å²) in [7, 11) is 1.75. The second-order valence-electron chi connectivity index (χ2n) is 5.08. The van der Waals surface area contributed by atoms with E-state index in [1.165, 1.54) is 0 Å². The van der Waals surface area contributed by atoms with Crippen LogP contribution in [-0.4, -0.2) is 61.4 Å². The van der Waals surface area contributed by atoms with Crippen molar-refractivity contribution in [3.8, 4) is 0 Å². The van der Waals surface area contributed by atoms with Gasteiger partial charge >= 0.3 is 5.97 Å². The van der Waals surface area contributed by atoms with E-state index in [1.54, 1.807) is 7.11 Å². The van der Waals surface area contributed by atoms with Gasteiger partial charge in [-0.2, -0.15) is 0 Å². The third-order valence-electron chi connectivity index (χ3n) is 3.76. The number of hydrogen-bond donors (Lipinski definition) is 2. The van der Waals surface area contributed by atoms with E-state index in [2.05, 4.69) is 17.1 Å². The number of hydrogen-bond acceptors (Lipinski definition) is 4. The zero-order valence-corrected chi connectivity index (χ0v) is 11.7. The molecule has 3 unspecified atom stereocenters. The van der Waals surface area contributed by atoms with Gasteiger partial charge in [0.05, 0.1) is 6.10 Å². The van der Waals surface area contributed by atoms with Crippen molar-refractivity contribution >= 4 is 5.97 Å². The monoisotopic (exact) mass is 258 g/mol. The standard InChI is InChI=1S/C13H26N2O3/c1-4-14-11(13(16)17)6-8-15-7-5-10(2)12(9-15)18-3/h10-12,14H,4-9H2,1-3H3,(H,16,17). The summed E-state index contributed by atoms with van der Waals surface area (Å²) < 4.78 is 5.46. The lowest BCUT2D eigenvalue weighted by Gasteiger charge is -2.36. The molecule has 2 N–H and O–H groups in total. The summed E-state index contributed by atoms with van der Waals surface area (Å²) in [6.45, 7) is 7.60. The molecule has 18 heavy (non-hydrogen) atoms. The molecule has 0 aromatic carbocycles. The van der Waals surface area contributed by atoms with Gasteiger partial charge in [-0.15, -0.1) is 0 Å². The van der Waals surface area contributed by atoms with Gasteiger partial charge < -0.3 is 20.1 Å². The second-order valence-corrected chi connectivity index (χ2v) is 5.08. The summed E-state index contributed by atoms with van der Waals surface area (Å²) in [5.74, 6) is -0.166. The largest absolute Gasteiger partial charge is 0.480 e. The average Bonchev–Trinajstić information content (AvgIpc) is 2.35. The van der Waals surface area contributed by atoms with Gasteiger partial charge in [-0.25, -0.2) is 0 Å². The molecule has 0 aliphatic carbocycles. The van der Waals surface area contributed by atoms with Gasteiger partial charge in [0.1, 0.15) is 6.04 Å². The number of ether oxygens (including phenoxy) is 1. The topological polar surface area (TPSA) is 61.8 Å². The van der Waals surface area contributed by atoms with Crippen molar-refractivity contribution in [3.05, 3.63) is 0 Å². The Kier molecular flexibility index (Phi) is 6.60. The fraction of sp³-hybridized carbons (Fsp3) is 0.923. The van der Waals surface area contributed by atoms with Crippen molar-refractivity contribution in [2.75, 3.05) is 33.3 Å². The second kappa shape index (κ2) is 7.71. The molecule has 0 bridgehead atoms. The molecule has 1 heterocycles. The Bertz CT molecular complexity index is 261. The van der Waals surface area contributed by atoms with Gasteiger partial charge in [-0.3, -0.25) is 4.79 Å². The minimum Gasteiger partial charge on any atom is -0.480 e. The van der Waals surface area contributed by atoms with Gasteiger partial charge in [0.2, 0.25) is 0 Å². The lowest BCUT2D eigenvalue weighted by molar-refractivity contribution is -0.139. The molecule has 106 valence electrons. The van der Waals surface area contributed by atoms with Gasteiger partial charge in [-0.05, 0) is 31.8 Å². The quantitative estimate of drug-likeness (QED) is 0.707. The van der Waals surface area contributed by atoms with Crippen molar-refractivity contribution < 1.29 is 14.6 Å². The predicted molar refractivity (Wildman–Crippen MR) is 70.7 cm³/mol. The maximum absolute atomic E-state index is 11.0. The maximum atomic E-state index is 11.0. The molecule has 3 atom stereocenters. The Morgan fingerprint density at radius 2 is 2.33 bits per heavy atom. The molecule has 0 saturated carbocycles. The normalized spacial score (nSPS) is 27.1. The van der Waals surface area contributed by atoms with Gasteiger partial charge in [0.15, 0.2) is 0 Å². The highest BCUT2D eigenvalue weighted by atomic mass is 16.5. The molecule has 1 saturated heterocycles. The lowest BCUT2D eigenvalue weighted by atomic mass is 9.95. The first kappa shape index (κ1) is 15.4. The number of piperidine rings is 1. The number of rotatable bonds is 7. The van der Waals surface area contributed by atoms with E-state index in [1.807, 2.05) is 6.92 Å². The van der Waals surface area contributed by atoms with E-state index in [-0.39, 0.29) is 6.10 Å². The molecule has 0 aromatic rings. The minimum atomic E-state index is -0.759. The number of carboxylic acid groups (broad SMARTS) is 1. The zero-order chi connectivity index (χ0) is 13.5. The van der Waals surface area contributed by atoms with Crippen LogP contribution in [0.1, 0.15) is 26.7 Å². The number of likely N-dealkylation sites (N-methyl/N-ethyl adjacent to an activating group) is 1. The molecule has 0 amide bonds. The van der Waals surface area contributed by atoms with Gasteiger partial charge in [-0.1, -0.05) is 13.8 Å². The van der Waals surface area contributed by atoms with E-state index >= 15 is 0 Å². The van der Waals surface area contributed by atoms with Crippen LogP contribution >= 0.6 is 0 Å². The fourth-order valence-electron chi connectivity index (χ4n) is 2.48. The number of nitrogens with one attached hydrogen (secondary N) is 1. The Morgan fingerprint density at radius 3 is 2.89 bits per heavy atom. The van der Waals surface area contributed by atoms with E-state index in [0.717, 1.165) is 26.1 Å². The number of carboxylic acids is 1. The number of aliphatic carboxylic acids is 1. The first-order chi connectivity index (χ1) is 8.58. The molecule has 1 fully saturated rings. The highest BCUT2D eigenvalue weighted by Gasteiger charge is 2.26. The molecular weight excluding hydrogens is 232 g/mol. The van der Waals surface area contributed by atoms with Crippen molar-refractivity contribution in [2.24, 2.45) is 5.92 Å². The first-order valence-electron chi connectivity index (χ1n) is 6.79. The molecule has 1 aliphatic heterocycles. The summed E-state index contributed by atoms with van der Waals surface area (Å²) >= 11 is 0. The van der Waals surface area contributed by atoms with Crippen molar-refractivity contribution in [1.29, 1.82) is 0 Å². The average molecular weight is 258 g/mol. The Hall–Kier alpha value is -0.650. The Labute approximate surface area is 109 Å². The van der Waals surface area contributed by atoms with E-state index < -0.39 is 12.0 Å². The molecular formula is C13H26N2O3. The SMILES string of the molecule is CCNC(CCN1CCC(C)C(OC)C1)C(=O)O. The molecule has 1 rings (SSSR count). The number of nitrogens with zero attached hydrogens (tertiary/aromatic N) is 1. The van der Waals surface area contributed by atoms with Crippen LogP contribution in [0.5, 0.6) is 0 Å². The zero-order valence-electron chi connectivity index (χ0n) is 11.7. The lowest BCUT2D eigenvalue weighted by Crippen LogP contribution is -2.46. The minimum absolute atomic E-state index is 0.279. The fourth-order valence-corrected chi connectivity index (χ4v) is 2.48. The Morgan fingerprint density at radius 1 is 1.61 bits per heavy atom. The smallest absolute Gasteiger partial charge is 0.320 e. The van der Waals surface area contributed by atoms with Crippen LogP contribution in [0, 0.1) is 5.92 Å². The van der Waals surface area contributed by atoms with Crippen LogP contribution in [-0.2, 0) is 9.53 Å². The maximum Gasteiger partial charge on any atom is 0.320 e. The first-order valence-corrected chi connectivity index (χ1v) is 6.79. The summed E-state index contributed by atoms with van der Waals surface area (Å²) in [5, 5.41) is 12.1. The third-order valence-corrected chi connectivity index (χ3v) is 3.76. The molecule has 1 aliphatic rings. The molecule has 0 spiro atoms. The van der Waals surface area contributed by atoms with Crippen LogP contribution in [0.25, 0.3) is 0 Å². The molecule has 0 aromatic heterocycles. The summed E-state index contributed by atoms with van der Waals surface area (Å²) in [5.41, 5.74) is 0. The summed E-state index contributed by atoms with van der Waals surface area (Å²) in [6, 6.07) is -0.435. The summed E-state index contributed by atoms with van der Waals surface area (Å²) in [4.78, 5) is 13.3. The van der Waals surface area contributed by atoms with E-state index in [4.69, 9.17) is 9.84 Å². The third kappa shape index (κ3) is 4.55. The van der Waals surface area contributed by atoms with Crippen LogP contribution in [0.3, 0.4) is 0 Å². The molecule has 0 radical (unpaired) electrons. The number of methoxy groups -OCH3 is 1. The molecule has 5 nitrogen and oxygen atoms in total. The van der Waals surface area contributed by atoms with Crippen LogP contribution in [0.2, 0.25) is 0 Å². The van der Waals surface area contributed by atoms with Gasteiger partial charge in [0, 0.05) is 20.2 Å². The van der Waals surface area contributed by atoms with Gasteiger partial charge in [0.25, 0.3) is 0 Å².